The molecule has 3 aliphatic heterocycles. The van der Waals surface area contributed by atoms with E-state index < -0.39 is 0 Å². The van der Waals surface area contributed by atoms with E-state index in [0.717, 1.165) is 65.1 Å². The summed E-state index contributed by atoms with van der Waals surface area (Å²) in [5.74, 6) is 0.522. The van der Waals surface area contributed by atoms with E-state index in [4.69, 9.17) is 4.74 Å². The van der Waals surface area contributed by atoms with Crippen LogP contribution in [0.25, 0.3) is 0 Å². The largest absolute Gasteiger partial charge is 0.371 e. The highest BCUT2D eigenvalue weighted by Gasteiger charge is 2.42. The van der Waals surface area contributed by atoms with Gasteiger partial charge in [0.2, 0.25) is 5.91 Å². The molecule has 1 unspecified atom stereocenters. The van der Waals surface area contributed by atoms with Crippen molar-refractivity contribution in [2.24, 2.45) is 13.0 Å². The molecule has 0 radical (unpaired) electrons. The van der Waals surface area contributed by atoms with E-state index >= 15 is 0 Å². The number of ether oxygens (including phenoxy) is 1. The summed E-state index contributed by atoms with van der Waals surface area (Å²) in [6, 6.07) is 0. The third-order valence-corrected chi connectivity index (χ3v) is 6.80. The van der Waals surface area contributed by atoms with Gasteiger partial charge >= 0.3 is 0 Å². The van der Waals surface area contributed by atoms with Gasteiger partial charge in [-0.2, -0.15) is 5.10 Å². The van der Waals surface area contributed by atoms with Gasteiger partial charge in [-0.25, -0.2) is 0 Å². The summed E-state index contributed by atoms with van der Waals surface area (Å²) >= 11 is 0. The zero-order chi connectivity index (χ0) is 19.0. The maximum absolute atomic E-state index is 12.9. The molecule has 1 amide bonds. The minimum Gasteiger partial charge on any atom is -0.371 e. The second-order valence-corrected chi connectivity index (χ2v) is 8.69. The molecule has 1 aromatic rings. The molecule has 3 aliphatic rings. The summed E-state index contributed by atoms with van der Waals surface area (Å²) in [6.45, 7) is 9.25. The summed E-state index contributed by atoms with van der Waals surface area (Å²) in [5.41, 5.74) is 2.40. The molecular weight excluding hydrogens is 342 g/mol. The Morgan fingerprint density at radius 2 is 2.04 bits per heavy atom. The van der Waals surface area contributed by atoms with Crippen LogP contribution in [0.1, 0.15) is 30.5 Å². The van der Waals surface area contributed by atoms with Crippen LogP contribution in [0.2, 0.25) is 0 Å². The van der Waals surface area contributed by atoms with Crippen LogP contribution in [0.5, 0.6) is 0 Å². The summed E-state index contributed by atoms with van der Waals surface area (Å²) in [4.78, 5) is 19.8. The van der Waals surface area contributed by atoms with E-state index in [0.29, 0.717) is 12.5 Å². The van der Waals surface area contributed by atoms with Gasteiger partial charge in [0.05, 0.1) is 24.3 Å². The van der Waals surface area contributed by atoms with Crippen molar-refractivity contribution in [1.82, 2.24) is 24.5 Å². The zero-order valence-electron chi connectivity index (χ0n) is 17.0. The molecule has 7 nitrogen and oxygen atoms in total. The van der Waals surface area contributed by atoms with Gasteiger partial charge in [0.25, 0.3) is 0 Å². The molecule has 1 atom stereocenters. The minimum atomic E-state index is -0.140. The van der Waals surface area contributed by atoms with Gasteiger partial charge in [-0.3, -0.25) is 14.4 Å². The van der Waals surface area contributed by atoms with E-state index in [1.807, 2.05) is 17.9 Å². The van der Waals surface area contributed by atoms with Crippen molar-refractivity contribution in [3.63, 3.8) is 0 Å². The third-order valence-electron chi connectivity index (χ3n) is 6.80. The van der Waals surface area contributed by atoms with E-state index in [-0.39, 0.29) is 11.5 Å². The van der Waals surface area contributed by atoms with Crippen molar-refractivity contribution in [2.75, 3.05) is 52.9 Å². The average Bonchev–Trinajstić information content (AvgIpc) is 3.24. The molecule has 0 aliphatic carbocycles. The van der Waals surface area contributed by atoms with Crippen LogP contribution in [-0.2, 0) is 23.1 Å². The zero-order valence-corrected chi connectivity index (χ0v) is 17.0. The average molecular weight is 376 g/mol. The lowest BCUT2D eigenvalue weighted by Crippen LogP contribution is -2.58. The van der Waals surface area contributed by atoms with Crippen LogP contribution in [-0.4, -0.2) is 88.9 Å². The maximum Gasteiger partial charge on any atom is 0.227 e. The fraction of sp³-hybridized carbons (Fsp3) is 0.800. The second-order valence-electron chi connectivity index (χ2n) is 8.69. The Balaban J connectivity index is 1.33. The van der Waals surface area contributed by atoms with Gasteiger partial charge < -0.3 is 14.5 Å². The number of hydrogen-bond acceptors (Lipinski definition) is 5. The number of amides is 1. The highest BCUT2D eigenvalue weighted by molar-refractivity contribution is 5.79. The number of aromatic nitrogens is 2. The Morgan fingerprint density at radius 1 is 1.26 bits per heavy atom. The highest BCUT2D eigenvalue weighted by Crippen LogP contribution is 2.32. The summed E-state index contributed by atoms with van der Waals surface area (Å²) in [6.07, 6.45) is 4.98. The number of piperidine rings is 1. The summed E-state index contributed by atoms with van der Waals surface area (Å²) in [5, 5.41) is 4.36. The number of rotatable bonds is 3. The molecule has 7 heteroatoms. The normalized spacial score (nSPS) is 26.8. The first kappa shape index (κ1) is 18.9. The van der Waals surface area contributed by atoms with Gasteiger partial charge in [0.1, 0.15) is 0 Å². The predicted molar refractivity (Wildman–Crippen MR) is 103 cm³/mol. The molecule has 1 aromatic heterocycles. The van der Waals surface area contributed by atoms with Crippen molar-refractivity contribution in [3.05, 3.63) is 17.5 Å². The van der Waals surface area contributed by atoms with Crippen molar-refractivity contribution in [1.29, 1.82) is 0 Å². The van der Waals surface area contributed by atoms with Crippen molar-refractivity contribution < 1.29 is 9.53 Å². The topological polar surface area (TPSA) is 53.8 Å². The molecule has 27 heavy (non-hydrogen) atoms. The molecule has 3 fully saturated rings. The number of carbonyl (C=O) groups excluding carboxylic acids is 1. The molecule has 4 rings (SSSR count). The third kappa shape index (κ3) is 3.91. The Labute approximate surface area is 162 Å². The maximum atomic E-state index is 12.9. The van der Waals surface area contributed by atoms with Crippen LogP contribution in [0.15, 0.2) is 6.20 Å². The number of nitrogens with zero attached hydrogens (tertiary/aromatic N) is 5. The molecule has 4 heterocycles. The number of hydrogen-bond donors (Lipinski definition) is 0. The first-order valence-corrected chi connectivity index (χ1v) is 10.3. The van der Waals surface area contributed by atoms with Gasteiger partial charge in [-0.05, 0) is 39.8 Å². The van der Waals surface area contributed by atoms with E-state index in [1.54, 1.807) is 0 Å². The molecule has 0 saturated carbocycles. The molecule has 0 aromatic carbocycles. The summed E-state index contributed by atoms with van der Waals surface area (Å²) in [7, 11) is 4.10. The smallest absolute Gasteiger partial charge is 0.227 e. The SMILES string of the molecule is Cc1c(CN2CCC3(CC2)CN(C(=O)C2CCN(C)C2)CCO3)cnn1C. The fourth-order valence-electron chi connectivity index (χ4n) is 4.79. The highest BCUT2D eigenvalue weighted by atomic mass is 16.5. The van der Waals surface area contributed by atoms with Crippen LogP contribution in [0.4, 0.5) is 0 Å². The standard InChI is InChI=1S/C20H33N5O2/c1-16-18(12-21-23(16)3)14-24-8-5-20(6-9-24)15-25(10-11-27-20)19(26)17-4-7-22(2)13-17/h12,17H,4-11,13-15H2,1-3H3. The molecule has 3 saturated heterocycles. The molecule has 0 bridgehead atoms. The summed E-state index contributed by atoms with van der Waals surface area (Å²) < 4.78 is 8.19. The molecular formula is C20H33N5O2. The Morgan fingerprint density at radius 3 is 2.67 bits per heavy atom. The van der Waals surface area contributed by atoms with Gasteiger partial charge in [-0.15, -0.1) is 0 Å². The van der Waals surface area contributed by atoms with E-state index in [9.17, 15) is 4.79 Å². The molecule has 150 valence electrons. The lowest BCUT2D eigenvalue weighted by molar-refractivity contribution is -0.162. The number of carbonyl (C=O) groups is 1. The first-order chi connectivity index (χ1) is 13.0. The van der Waals surface area contributed by atoms with Crippen LogP contribution < -0.4 is 0 Å². The van der Waals surface area contributed by atoms with E-state index in [2.05, 4.69) is 33.8 Å². The van der Waals surface area contributed by atoms with Crippen molar-refractivity contribution in [3.8, 4) is 0 Å². The lowest BCUT2D eigenvalue weighted by atomic mass is 9.88. The second kappa shape index (κ2) is 7.53. The van der Waals surface area contributed by atoms with Gasteiger partial charge in [0.15, 0.2) is 0 Å². The monoisotopic (exact) mass is 375 g/mol. The van der Waals surface area contributed by atoms with Gasteiger partial charge in [-0.1, -0.05) is 0 Å². The minimum absolute atomic E-state index is 0.140. The van der Waals surface area contributed by atoms with Crippen LogP contribution >= 0.6 is 0 Å². The van der Waals surface area contributed by atoms with Crippen LogP contribution in [0.3, 0.4) is 0 Å². The molecule has 0 N–H and O–H groups in total. The predicted octanol–water partition coefficient (Wildman–Crippen LogP) is 0.874. The first-order valence-electron chi connectivity index (χ1n) is 10.3. The Kier molecular flexibility index (Phi) is 5.27. The lowest BCUT2D eigenvalue weighted by Gasteiger charge is -2.47. The number of aryl methyl sites for hydroxylation is 1. The number of morpholine rings is 1. The van der Waals surface area contributed by atoms with Crippen molar-refractivity contribution >= 4 is 5.91 Å². The van der Waals surface area contributed by atoms with Crippen molar-refractivity contribution in [2.45, 2.75) is 38.3 Å². The fourth-order valence-corrected chi connectivity index (χ4v) is 4.79. The molecule has 1 spiro atoms. The van der Waals surface area contributed by atoms with E-state index in [1.165, 1.54) is 11.3 Å². The van der Waals surface area contributed by atoms with Gasteiger partial charge in [0, 0.05) is 57.6 Å². The quantitative estimate of drug-likeness (QED) is 0.785. The Hall–Kier alpha value is -1.44. The van der Waals surface area contributed by atoms with Crippen LogP contribution in [0, 0.1) is 12.8 Å². The Bertz CT molecular complexity index is 680. The number of likely N-dealkylation sites (tertiary alicyclic amines) is 2.